The van der Waals surface area contributed by atoms with Crippen LogP contribution in [0.3, 0.4) is 0 Å². The van der Waals surface area contributed by atoms with E-state index in [1.165, 1.54) is 18.2 Å². The smallest absolute Gasteiger partial charge is 0.243 e. The van der Waals surface area contributed by atoms with Gasteiger partial charge in [-0.2, -0.15) is 0 Å². The summed E-state index contributed by atoms with van der Waals surface area (Å²) in [6, 6.07) is 22.2. The summed E-state index contributed by atoms with van der Waals surface area (Å²) in [6.45, 7) is 4.68. The molecule has 0 heterocycles. The number of nitrogens with one attached hydrogen (secondary N) is 1. The first kappa shape index (κ1) is 31.8. The largest absolute Gasteiger partial charge is 0.354 e. The molecule has 0 aliphatic rings. The summed E-state index contributed by atoms with van der Waals surface area (Å²) in [6.07, 6.45) is 3.24. The average molecular weight is 582 g/mol. The van der Waals surface area contributed by atoms with E-state index in [4.69, 9.17) is 0 Å². The number of carbonyl (C=O) groups excluding carboxylic acids is 2. The molecular formula is C32H40FN3O4S. The number of benzene rings is 3. The van der Waals surface area contributed by atoms with E-state index in [2.05, 4.69) is 5.32 Å². The van der Waals surface area contributed by atoms with Gasteiger partial charge in [-0.05, 0) is 43.0 Å². The van der Waals surface area contributed by atoms with Crippen molar-refractivity contribution < 1.29 is 22.4 Å². The zero-order valence-corrected chi connectivity index (χ0v) is 24.9. The van der Waals surface area contributed by atoms with Gasteiger partial charge in [0, 0.05) is 32.5 Å². The van der Waals surface area contributed by atoms with Crippen LogP contribution in [-0.4, -0.2) is 50.5 Å². The van der Waals surface area contributed by atoms with Crippen LogP contribution in [0.15, 0.2) is 78.9 Å². The first-order valence-corrected chi connectivity index (χ1v) is 15.8. The summed E-state index contributed by atoms with van der Waals surface area (Å²) in [5.74, 6) is -1.16. The maximum absolute atomic E-state index is 14.5. The van der Waals surface area contributed by atoms with Gasteiger partial charge in [0.2, 0.25) is 21.8 Å². The number of sulfonamides is 1. The fourth-order valence-corrected chi connectivity index (χ4v) is 5.67. The van der Waals surface area contributed by atoms with Crippen molar-refractivity contribution in [3.05, 3.63) is 101 Å². The number of anilines is 1. The number of para-hydroxylation sites is 1. The zero-order valence-electron chi connectivity index (χ0n) is 24.1. The third kappa shape index (κ3) is 9.70. The van der Waals surface area contributed by atoms with Crippen LogP contribution in [0.4, 0.5) is 10.1 Å². The molecule has 3 aromatic carbocycles. The first-order valence-electron chi connectivity index (χ1n) is 14.0. The van der Waals surface area contributed by atoms with Gasteiger partial charge >= 0.3 is 0 Å². The second-order valence-electron chi connectivity index (χ2n) is 10.3. The highest BCUT2D eigenvalue weighted by Crippen LogP contribution is 2.23. The van der Waals surface area contributed by atoms with Crippen molar-refractivity contribution in [1.29, 1.82) is 0 Å². The van der Waals surface area contributed by atoms with Gasteiger partial charge in [0.1, 0.15) is 11.9 Å². The molecule has 0 saturated carbocycles. The minimum Gasteiger partial charge on any atom is -0.354 e. The third-order valence-corrected chi connectivity index (χ3v) is 7.99. The predicted octanol–water partition coefficient (Wildman–Crippen LogP) is 5.24. The third-order valence-electron chi connectivity index (χ3n) is 6.81. The summed E-state index contributed by atoms with van der Waals surface area (Å²) in [5, 5.41) is 3.00. The average Bonchev–Trinajstić information content (AvgIpc) is 2.93. The van der Waals surface area contributed by atoms with Crippen molar-refractivity contribution in [2.45, 2.75) is 58.5 Å². The molecule has 3 aromatic rings. The summed E-state index contributed by atoms with van der Waals surface area (Å²) < 4.78 is 40.5. The molecule has 0 aliphatic heterocycles. The van der Waals surface area contributed by atoms with Crippen LogP contribution in [0.2, 0.25) is 0 Å². The second kappa shape index (κ2) is 15.3. The molecule has 3 rings (SSSR count). The number of nitrogens with zero attached hydrogens (tertiary/aromatic N) is 2. The monoisotopic (exact) mass is 581 g/mol. The molecule has 2 amide bonds. The summed E-state index contributed by atoms with van der Waals surface area (Å²) in [5.41, 5.74) is 2.79. The van der Waals surface area contributed by atoms with E-state index in [1.54, 1.807) is 11.0 Å². The number of unbranched alkanes of at least 4 members (excludes halogenated alkanes) is 1. The normalized spacial score (nSPS) is 12.0. The Morgan fingerprint density at radius 1 is 0.927 bits per heavy atom. The Bertz CT molecular complexity index is 1400. The van der Waals surface area contributed by atoms with Gasteiger partial charge in [0.15, 0.2) is 0 Å². The Hall–Kier alpha value is -3.72. The van der Waals surface area contributed by atoms with E-state index < -0.39 is 21.9 Å². The molecular weight excluding hydrogens is 541 g/mol. The van der Waals surface area contributed by atoms with E-state index in [9.17, 15) is 22.4 Å². The van der Waals surface area contributed by atoms with Gasteiger partial charge in [-0.15, -0.1) is 0 Å². The molecule has 220 valence electrons. The van der Waals surface area contributed by atoms with Crippen LogP contribution in [0.25, 0.3) is 0 Å². The standard InChI is InChI=1S/C32H40FN3O4S/c1-4-5-20-34-32(38)30(23-26-14-7-6-8-15-26)35(24-27-16-11-13-25(2)22-27)31(37)19-12-21-36(41(3,39)40)29-18-10-9-17-28(29)33/h6-11,13-18,22,30H,4-5,12,19-21,23-24H2,1-3H3,(H,34,38)/t30-/m0/s1. The molecule has 0 aliphatic carbocycles. The molecule has 41 heavy (non-hydrogen) atoms. The van der Waals surface area contributed by atoms with Crippen molar-refractivity contribution in [1.82, 2.24) is 10.2 Å². The quantitative estimate of drug-likeness (QED) is 0.249. The highest BCUT2D eigenvalue weighted by Gasteiger charge is 2.30. The number of halogens is 1. The molecule has 1 atom stereocenters. The Labute approximate surface area is 243 Å². The molecule has 0 radical (unpaired) electrons. The molecule has 0 bridgehead atoms. The number of carbonyl (C=O) groups is 2. The molecule has 7 nitrogen and oxygen atoms in total. The topological polar surface area (TPSA) is 86.8 Å². The lowest BCUT2D eigenvalue weighted by Crippen LogP contribution is -2.50. The number of aryl methyl sites for hydroxylation is 1. The number of rotatable bonds is 15. The molecule has 0 spiro atoms. The van der Waals surface area contributed by atoms with Crippen LogP contribution in [0.5, 0.6) is 0 Å². The summed E-state index contributed by atoms with van der Waals surface area (Å²) in [7, 11) is -3.79. The van der Waals surface area contributed by atoms with E-state index in [0.717, 1.165) is 40.1 Å². The lowest BCUT2D eigenvalue weighted by Gasteiger charge is -2.32. The fourth-order valence-electron chi connectivity index (χ4n) is 4.70. The lowest BCUT2D eigenvalue weighted by atomic mass is 10.0. The SMILES string of the molecule is CCCCNC(=O)[C@H](Cc1ccccc1)N(Cc1cccc(C)c1)C(=O)CCCN(c1ccccc1F)S(C)(=O)=O. The highest BCUT2D eigenvalue weighted by molar-refractivity contribution is 7.92. The van der Waals surface area contributed by atoms with Gasteiger partial charge in [0.25, 0.3) is 0 Å². The van der Waals surface area contributed by atoms with Gasteiger partial charge < -0.3 is 10.2 Å². The van der Waals surface area contributed by atoms with Crippen LogP contribution in [0.1, 0.15) is 49.3 Å². The first-order chi connectivity index (χ1) is 19.6. The van der Waals surface area contributed by atoms with E-state index in [-0.39, 0.29) is 43.4 Å². The van der Waals surface area contributed by atoms with Crippen LogP contribution in [-0.2, 0) is 32.6 Å². The maximum Gasteiger partial charge on any atom is 0.243 e. The van der Waals surface area contributed by atoms with Gasteiger partial charge in [-0.3, -0.25) is 13.9 Å². The molecule has 0 saturated heterocycles. The Kier molecular flexibility index (Phi) is 11.9. The highest BCUT2D eigenvalue weighted by atomic mass is 32.2. The maximum atomic E-state index is 14.5. The number of hydrogen-bond acceptors (Lipinski definition) is 4. The van der Waals surface area contributed by atoms with E-state index >= 15 is 0 Å². The minimum absolute atomic E-state index is 0.0141. The van der Waals surface area contributed by atoms with E-state index in [1.807, 2.05) is 68.4 Å². The van der Waals surface area contributed by atoms with Crippen LogP contribution < -0.4 is 9.62 Å². The Balaban J connectivity index is 1.88. The molecule has 0 aromatic heterocycles. The number of amides is 2. The van der Waals surface area contributed by atoms with Crippen LogP contribution in [0, 0.1) is 12.7 Å². The van der Waals surface area contributed by atoms with Crippen molar-refractivity contribution >= 4 is 27.5 Å². The van der Waals surface area contributed by atoms with Gasteiger partial charge in [-0.25, -0.2) is 12.8 Å². The van der Waals surface area contributed by atoms with Crippen molar-refractivity contribution in [2.75, 3.05) is 23.7 Å². The lowest BCUT2D eigenvalue weighted by molar-refractivity contribution is -0.141. The summed E-state index contributed by atoms with van der Waals surface area (Å²) in [4.78, 5) is 29.0. The van der Waals surface area contributed by atoms with Gasteiger partial charge in [-0.1, -0.05) is 85.6 Å². The van der Waals surface area contributed by atoms with Crippen molar-refractivity contribution in [3.63, 3.8) is 0 Å². The fraction of sp³-hybridized carbons (Fsp3) is 0.375. The Morgan fingerprint density at radius 2 is 1.61 bits per heavy atom. The van der Waals surface area contributed by atoms with Crippen molar-refractivity contribution in [2.24, 2.45) is 0 Å². The van der Waals surface area contributed by atoms with Crippen LogP contribution >= 0.6 is 0 Å². The minimum atomic E-state index is -3.79. The predicted molar refractivity (Wildman–Crippen MR) is 161 cm³/mol. The second-order valence-corrected chi connectivity index (χ2v) is 12.2. The molecule has 0 unspecified atom stereocenters. The number of hydrogen-bond donors (Lipinski definition) is 1. The van der Waals surface area contributed by atoms with Gasteiger partial charge in [0.05, 0.1) is 11.9 Å². The molecule has 9 heteroatoms. The molecule has 1 N–H and O–H groups in total. The van der Waals surface area contributed by atoms with E-state index in [0.29, 0.717) is 13.0 Å². The Morgan fingerprint density at radius 3 is 2.27 bits per heavy atom. The zero-order chi connectivity index (χ0) is 29.8. The summed E-state index contributed by atoms with van der Waals surface area (Å²) >= 11 is 0. The molecule has 0 fully saturated rings. The van der Waals surface area contributed by atoms with Crippen molar-refractivity contribution in [3.8, 4) is 0 Å².